The second kappa shape index (κ2) is 6.38. The van der Waals surface area contributed by atoms with Gasteiger partial charge in [0.25, 0.3) is 0 Å². The molecular weight excluding hydrogens is 288 g/mol. The van der Waals surface area contributed by atoms with Gasteiger partial charge in [0.2, 0.25) is 0 Å². The number of nitrogens with zero attached hydrogens (tertiary/aromatic N) is 1. The van der Waals surface area contributed by atoms with Crippen molar-refractivity contribution in [3.63, 3.8) is 0 Å². The molecule has 1 aromatic rings. The number of nitrogens with one attached hydrogen (secondary N) is 1. The maximum atomic E-state index is 12.4. The van der Waals surface area contributed by atoms with E-state index < -0.39 is 11.0 Å². The van der Waals surface area contributed by atoms with E-state index in [1.807, 2.05) is 32.2 Å². The molecule has 1 saturated carbocycles. The van der Waals surface area contributed by atoms with E-state index in [2.05, 4.69) is 10.8 Å². The lowest BCUT2D eigenvalue weighted by molar-refractivity contribution is 0.421. The van der Waals surface area contributed by atoms with Gasteiger partial charge >= 0.3 is 0 Å². The minimum atomic E-state index is -1.08. The predicted molar refractivity (Wildman–Crippen MR) is 84.8 cm³/mol. The van der Waals surface area contributed by atoms with Crippen molar-refractivity contribution in [1.29, 1.82) is 5.26 Å². The van der Waals surface area contributed by atoms with Crippen LogP contribution in [0.25, 0.3) is 0 Å². The largest absolute Gasteiger partial charge is 0.242 e. The van der Waals surface area contributed by atoms with Crippen LogP contribution in [-0.2, 0) is 11.0 Å². The molecule has 110 valence electrons. The van der Waals surface area contributed by atoms with Gasteiger partial charge in [-0.1, -0.05) is 12.8 Å². The minimum absolute atomic E-state index is 0.115. The smallest absolute Gasteiger partial charge is 0.100 e. The quantitative estimate of drug-likeness (QED) is 0.917. The standard InChI is InChI=1S/C15H22N2OS2/c1-15(2,3)20(18)17-14(12-6-4-5-7-12)13-8-11(9-16)10-19-13/h8,10,12,14,17H,4-7H2,1-3H3/t14-,20?/m0/s1. The molecule has 0 bridgehead atoms. The molecule has 1 aromatic heterocycles. The van der Waals surface area contributed by atoms with E-state index in [1.54, 1.807) is 11.3 Å². The van der Waals surface area contributed by atoms with Gasteiger partial charge in [-0.15, -0.1) is 11.3 Å². The monoisotopic (exact) mass is 310 g/mol. The topological polar surface area (TPSA) is 52.9 Å². The summed E-state index contributed by atoms with van der Waals surface area (Å²) in [5.41, 5.74) is 0.705. The molecule has 3 nitrogen and oxygen atoms in total. The van der Waals surface area contributed by atoms with Crippen LogP contribution >= 0.6 is 11.3 Å². The van der Waals surface area contributed by atoms with E-state index in [0.29, 0.717) is 11.5 Å². The highest BCUT2D eigenvalue weighted by molar-refractivity contribution is 7.84. The molecule has 1 heterocycles. The van der Waals surface area contributed by atoms with Gasteiger partial charge in [0.1, 0.15) is 6.07 Å². The Morgan fingerprint density at radius 2 is 2.10 bits per heavy atom. The molecule has 0 radical (unpaired) electrons. The summed E-state index contributed by atoms with van der Waals surface area (Å²) in [7, 11) is -1.08. The number of hydrogen-bond acceptors (Lipinski definition) is 3. The maximum Gasteiger partial charge on any atom is 0.100 e. The molecule has 1 aliphatic rings. The Hall–Kier alpha value is -0.700. The molecule has 0 aliphatic heterocycles. The molecule has 0 aromatic carbocycles. The number of rotatable bonds is 4. The highest BCUT2D eigenvalue weighted by Gasteiger charge is 2.31. The molecule has 1 fully saturated rings. The van der Waals surface area contributed by atoms with Crippen molar-refractivity contribution in [1.82, 2.24) is 4.72 Å². The first-order chi connectivity index (χ1) is 9.41. The summed E-state index contributed by atoms with van der Waals surface area (Å²) in [6.07, 6.45) is 4.86. The van der Waals surface area contributed by atoms with Crippen molar-refractivity contribution in [2.45, 2.75) is 57.2 Å². The van der Waals surface area contributed by atoms with Gasteiger partial charge in [-0.3, -0.25) is 0 Å². The van der Waals surface area contributed by atoms with Crippen molar-refractivity contribution in [2.24, 2.45) is 5.92 Å². The van der Waals surface area contributed by atoms with Crippen LogP contribution in [0, 0.1) is 17.2 Å². The van der Waals surface area contributed by atoms with E-state index in [-0.39, 0.29) is 10.8 Å². The highest BCUT2D eigenvalue weighted by atomic mass is 32.2. The van der Waals surface area contributed by atoms with Crippen LogP contribution in [0.15, 0.2) is 11.4 Å². The normalized spacial score (nSPS) is 19.7. The van der Waals surface area contributed by atoms with Gasteiger partial charge in [-0.25, -0.2) is 8.93 Å². The van der Waals surface area contributed by atoms with Gasteiger partial charge in [-0.05, 0) is 45.6 Å². The number of thiophene rings is 1. The number of nitriles is 1. The highest BCUT2D eigenvalue weighted by Crippen LogP contribution is 2.38. The zero-order valence-electron chi connectivity index (χ0n) is 12.3. The fourth-order valence-corrected chi connectivity index (χ4v) is 4.50. The Morgan fingerprint density at radius 1 is 1.45 bits per heavy atom. The van der Waals surface area contributed by atoms with E-state index in [0.717, 1.165) is 4.88 Å². The molecule has 20 heavy (non-hydrogen) atoms. The summed E-state index contributed by atoms with van der Waals surface area (Å²) in [5, 5.41) is 10.9. The molecule has 0 amide bonds. The van der Waals surface area contributed by atoms with Crippen LogP contribution in [0.2, 0.25) is 0 Å². The summed E-state index contributed by atoms with van der Waals surface area (Å²) in [5.74, 6) is 0.534. The summed E-state index contributed by atoms with van der Waals surface area (Å²) < 4.78 is 15.5. The Balaban J connectivity index is 2.21. The third kappa shape index (κ3) is 3.69. The Bertz CT molecular complexity index is 519. The average Bonchev–Trinajstić information content (AvgIpc) is 3.05. The molecule has 0 spiro atoms. The van der Waals surface area contributed by atoms with Gasteiger partial charge in [0, 0.05) is 10.3 Å². The van der Waals surface area contributed by atoms with Gasteiger partial charge in [-0.2, -0.15) is 5.26 Å². The summed E-state index contributed by atoms with van der Waals surface area (Å²) in [6.45, 7) is 5.95. The molecule has 1 unspecified atom stereocenters. The zero-order chi connectivity index (χ0) is 14.8. The second-order valence-corrected chi connectivity index (χ2v) is 9.31. The van der Waals surface area contributed by atoms with Gasteiger partial charge in [0.15, 0.2) is 0 Å². The van der Waals surface area contributed by atoms with Crippen LogP contribution in [0.4, 0.5) is 0 Å². The van der Waals surface area contributed by atoms with Crippen LogP contribution in [0.3, 0.4) is 0 Å². The SMILES string of the molecule is CC(C)(C)S(=O)N[C@H](c1cc(C#N)cs1)C1CCCC1. The van der Waals surface area contributed by atoms with E-state index in [9.17, 15) is 4.21 Å². The van der Waals surface area contributed by atoms with Crippen molar-refractivity contribution in [3.05, 3.63) is 21.9 Å². The molecular formula is C15H22N2OS2. The Kier molecular flexibility index (Phi) is 5.00. The average molecular weight is 310 g/mol. The Morgan fingerprint density at radius 3 is 2.60 bits per heavy atom. The molecule has 0 saturated heterocycles. The van der Waals surface area contributed by atoms with Crippen molar-refractivity contribution in [2.75, 3.05) is 0 Å². The third-order valence-electron chi connectivity index (χ3n) is 3.72. The van der Waals surface area contributed by atoms with E-state index in [4.69, 9.17) is 5.26 Å². The number of hydrogen-bond donors (Lipinski definition) is 1. The lowest BCUT2D eigenvalue weighted by Crippen LogP contribution is -2.37. The van der Waals surface area contributed by atoms with Crippen molar-refractivity contribution < 1.29 is 4.21 Å². The predicted octanol–water partition coefficient (Wildman–Crippen LogP) is 3.90. The van der Waals surface area contributed by atoms with Crippen LogP contribution in [0.5, 0.6) is 0 Å². The summed E-state index contributed by atoms with van der Waals surface area (Å²) in [6, 6.07) is 4.24. The van der Waals surface area contributed by atoms with E-state index >= 15 is 0 Å². The summed E-state index contributed by atoms with van der Waals surface area (Å²) >= 11 is 1.60. The fourth-order valence-electron chi connectivity index (χ4n) is 2.54. The van der Waals surface area contributed by atoms with Crippen LogP contribution in [0.1, 0.15) is 62.9 Å². The Labute approximate surface area is 128 Å². The minimum Gasteiger partial charge on any atom is -0.242 e. The maximum absolute atomic E-state index is 12.4. The summed E-state index contributed by atoms with van der Waals surface area (Å²) in [4.78, 5) is 1.14. The van der Waals surface area contributed by atoms with E-state index in [1.165, 1.54) is 25.7 Å². The third-order valence-corrected chi connectivity index (χ3v) is 6.31. The molecule has 2 atom stereocenters. The van der Waals surface area contributed by atoms with Gasteiger partial charge in [0.05, 0.1) is 27.3 Å². The first-order valence-corrected chi connectivity index (χ1v) is 9.11. The van der Waals surface area contributed by atoms with Crippen molar-refractivity contribution >= 4 is 22.3 Å². The lowest BCUT2D eigenvalue weighted by Gasteiger charge is -2.27. The molecule has 1 N–H and O–H groups in total. The molecule has 5 heteroatoms. The zero-order valence-corrected chi connectivity index (χ0v) is 13.9. The van der Waals surface area contributed by atoms with Crippen LogP contribution in [-0.4, -0.2) is 8.96 Å². The second-order valence-electron chi connectivity index (χ2n) is 6.37. The van der Waals surface area contributed by atoms with Crippen molar-refractivity contribution in [3.8, 4) is 6.07 Å². The van der Waals surface area contributed by atoms with Gasteiger partial charge < -0.3 is 0 Å². The molecule has 1 aliphatic carbocycles. The molecule has 2 rings (SSSR count). The lowest BCUT2D eigenvalue weighted by atomic mass is 9.97. The van der Waals surface area contributed by atoms with Crippen LogP contribution < -0.4 is 4.72 Å². The first kappa shape index (κ1) is 15.7. The first-order valence-electron chi connectivity index (χ1n) is 7.08. The fraction of sp³-hybridized carbons (Fsp3) is 0.667.